The fourth-order valence-electron chi connectivity index (χ4n) is 1.85. The summed E-state index contributed by atoms with van der Waals surface area (Å²) in [6.07, 6.45) is 3.41. The van der Waals surface area contributed by atoms with Crippen molar-refractivity contribution in [3.8, 4) is 0 Å². The normalized spacial score (nSPS) is 10.1. The van der Waals surface area contributed by atoms with Gasteiger partial charge in [-0.2, -0.15) is 5.10 Å². The second-order valence-corrected chi connectivity index (χ2v) is 4.60. The lowest BCUT2D eigenvalue weighted by molar-refractivity contribution is -0.136. The Hall–Kier alpha value is -2.83. The number of hydrogen-bond acceptors (Lipinski definition) is 3. The Morgan fingerprint density at radius 1 is 1.33 bits per heavy atom. The molecule has 0 spiro atoms. The van der Waals surface area contributed by atoms with Crippen molar-refractivity contribution >= 4 is 17.7 Å². The van der Waals surface area contributed by atoms with Gasteiger partial charge in [-0.3, -0.25) is 9.48 Å². The molecule has 0 radical (unpaired) electrons. The number of nitrogens with one attached hydrogen (secondary N) is 2. The van der Waals surface area contributed by atoms with Crippen molar-refractivity contribution < 1.29 is 14.7 Å². The lowest BCUT2D eigenvalue weighted by Gasteiger charge is -2.07. The Bertz CT molecular complexity index is 651. The first-order valence-electron chi connectivity index (χ1n) is 6.36. The van der Waals surface area contributed by atoms with Gasteiger partial charge in [-0.25, -0.2) is 4.79 Å². The molecule has 0 aliphatic carbocycles. The molecule has 0 atom stereocenters. The highest BCUT2D eigenvalue weighted by Crippen LogP contribution is 2.11. The Morgan fingerprint density at radius 3 is 2.81 bits per heavy atom. The molecule has 1 aromatic heterocycles. The minimum Gasteiger partial charge on any atom is -0.481 e. The van der Waals surface area contributed by atoms with E-state index in [1.54, 1.807) is 42.2 Å². The number of carbonyl (C=O) groups excluding carboxylic acids is 1. The van der Waals surface area contributed by atoms with Gasteiger partial charge in [0.15, 0.2) is 0 Å². The number of carbonyl (C=O) groups is 2. The summed E-state index contributed by atoms with van der Waals surface area (Å²) < 4.78 is 1.66. The monoisotopic (exact) mass is 288 g/mol. The van der Waals surface area contributed by atoms with Gasteiger partial charge in [0.25, 0.3) is 0 Å². The maximum Gasteiger partial charge on any atom is 0.319 e. The van der Waals surface area contributed by atoms with E-state index in [-0.39, 0.29) is 12.5 Å². The lowest BCUT2D eigenvalue weighted by Crippen LogP contribution is -2.28. The first-order valence-corrected chi connectivity index (χ1v) is 6.36. The van der Waals surface area contributed by atoms with Crippen molar-refractivity contribution in [1.29, 1.82) is 0 Å². The molecular formula is C14H16N4O3. The number of aromatic nitrogens is 2. The third kappa shape index (κ3) is 4.64. The van der Waals surface area contributed by atoms with Gasteiger partial charge in [0, 0.05) is 31.0 Å². The summed E-state index contributed by atoms with van der Waals surface area (Å²) in [5, 5.41) is 18.1. The summed E-state index contributed by atoms with van der Waals surface area (Å²) in [5.41, 5.74) is 2.08. The fraction of sp³-hybridized carbons (Fsp3) is 0.214. The van der Waals surface area contributed by atoms with E-state index < -0.39 is 5.97 Å². The summed E-state index contributed by atoms with van der Waals surface area (Å²) in [6.45, 7) is 0.370. The van der Waals surface area contributed by atoms with Crippen molar-refractivity contribution in [3.05, 3.63) is 47.8 Å². The van der Waals surface area contributed by atoms with Crippen LogP contribution in [0.3, 0.4) is 0 Å². The molecule has 110 valence electrons. The average molecular weight is 288 g/mol. The van der Waals surface area contributed by atoms with E-state index in [2.05, 4.69) is 15.7 Å². The van der Waals surface area contributed by atoms with Crippen molar-refractivity contribution in [2.24, 2.45) is 7.05 Å². The van der Waals surface area contributed by atoms with Gasteiger partial charge in [-0.05, 0) is 17.7 Å². The van der Waals surface area contributed by atoms with E-state index in [0.717, 1.165) is 5.56 Å². The number of benzene rings is 1. The molecule has 2 amide bonds. The van der Waals surface area contributed by atoms with Crippen molar-refractivity contribution in [3.63, 3.8) is 0 Å². The van der Waals surface area contributed by atoms with Gasteiger partial charge in [-0.15, -0.1) is 0 Å². The number of carboxylic acid groups (broad SMARTS) is 1. The molecule has 3 N–H and O–H groups in total. The van der Waals surface area contributed by atoms with Gasteiger partial charge < -0.3 is 15.7 Å². The number of hydrogen-bond donors (Lipinski definition) is 3. The van der Waals surface area contributed by atoms with Gasteiger partial charge in [0.1, 0.15) is 0 Å². The fourth-order valence-corrected chi connectivity index (χ4v) is 1.85. The second-order valence-electron chi connectivity index (χ2n) is 4.60. The van der Waals surface area contributed by atoms with E-state index in [1.165, 1.54) is 0 Å². The molecule has 0 aliphatic rings. The molecule has 2 rings (SSSR count). The van der Waals surface area contributed by atoms with Crippen molar-refractivity contribution in [2.75, 3.05) is 5.32 Å². The number of aryl methyl sites for hydroxylation is 1. The van der Waals surface area contributed by atoms with E-state index in [0.29, 0.717) is 17.8 Å². The third-order valence-electron chi connectivity index (χ3n) is 2.75. The third-order valence-corrected chi connectivity index (χ3v) is 2.75. The summed E-state index contributed by atoms with van der Waals surface area (Å²) in [4.78, 5) is 22.4. The first kappa shape index (κ1) is 14.6. The lowest BCUT2D eigenvalue weighted by atomic mass is 10.1. The summed E-state index contributed by atoms with van der Waals surface area (Å²) in [5.74, 6) is -0.909. The van der Waals surface area contributed by atoms with Crippen LogP contribution < -0.4 is 10.6 Å². The van der Waals surface area contributed by atoms with Gasteiger partial charge in [-0.1, -0.05) is 12.1 Å². The van der Waals surface area contributed by atoms with Gasteiger partial charge in [0.2, 0.25) is 0 Å². The maximum absolute atomic E-state index is 11.8. The highest BCUT2D eigenvalue weighted by atomic mass is 16.4. The number of aliphatic carboxylic acids is 1. The van der Waals surface area contributed by atoms with Gasteiger partial charge >= 0.3 is 12.0 Å². The van der Waals surface area contributed by atoms with Gasteiger partial charge in [0.05, 0.1) is 12.6 Å². The largest absolute Gasteiger partial charge is 0.481 e. The summed E-state index contributed by atoms with van der Waals surface area (Å²) in [7, 11) is 1.80. The minimum absolute atomic E-state index is 0.0766. The summed E-state index contributed by atoms with van der Waals surface area (Å²) >= 11 is 0. The predicted octanol–water partition coefficient (Wildman–Crippen LogP) is 1.37. The van der Waals surface area contributed by atoms with Crippen LogP contribution in [0.25, 0.3) is 0 Å². The van der Waals surface area contributed by atoms with Crippen LogP contribution >= 0.6 is 0 Å². The number of carboxylic acids is 1. The molecule has 21 heavy (non-hydrogen) atoms. The molecule has 0 saturated heterocycles. The van der Waals surface area contributed by atoms with Crippen LogP contribution in [0.2, 0.25) is 0 Å². The number of rotatable bonds is 5. The van der Waals surface area contributed by atoms with Crippen LogP contribution in [0.1, 0.15) is 11.1 Å². The quantitative estimate of drug-likeness (QED) is 0.774. The first-order chi connectivity index (χ1) is 10.0. The Labute approximate surface area is 121 Å². The zero-order valence-electron chi connectivity index (χ0n) is 11.5. The molecule has 2 aromatic rings. The molecule has 1 aromatic carbocycles. The van der Waals surface area contributed by atoms with Crippen LogP contribution in [0.15, 0.2) is 36.7 Å². The highest BCUT2D eigenvalue weighted by molar-refractivity contribution is 5.89. The van der Waals surface area contributed by atoms with E-state index in [9.17, 15) is 9.59 Å². The number of anilines is 1. The number of nitrogens with zero attached hydrogens (tertiary/aromatic N) is 2. The number of amides is 2. The molecule has 7 heteroatoms. The molecule has 1 heterocycles. The van der Waals surface area contributed by atoms with Crippen LogP contribution in [0, 0.1) is 0 Å². The van der Waals surface area contributed by atoms with Crippen LogP contribution in [-0.2, 0) is 24.8 Å². The van der Waals surface area contributed by atoms with Crippen LogP contribution in [0.4, 0.5) is 10.5 Å². The SMILES string of the molecule is Cn1cc(CNC(=O)Nc2cccc(CC(=O)O)c2)cn1. The Balaban J connectivity index is 1.88. The number of urea groups is 1. The molecule has 0 aliphatic heterocycles. The molecule has 0 saturated carbocycles. The Kier molecular flexibility index (Phi) is 4.55. The van der Waals surface area contributed by atoms with Crippen LogP contribution in [0.5, 0.6) is 0 Å². The molecular weight excluding hydrogens is 272 g/mol. The Morgan fingerprint density at radius 2 is 2.14 bits per heavy atom. The van der Waals surface area contributed by atoms with E-state index in [1.807, 2.05) is 6.20 Å². The highest BCUT2D eigenvalue weighted by Gasteiger charge is 2.05. The maximum atomic E-state index is 11.8. The standard InChI is InChI=1S/C14H16N4O3/c1-18-9-11(8-16-18)7-15-14(21)17-12-4-2-3-10(5-12)6-13(19)20/h2-5,8-9H,6-7H2,1H3,(H,19,20)(H2,15,17,21). The zero-order chi connectivity index (χ0) is 15.2. The predicted molar refractivity (Wildman–Crippen MR) is 76.8 cm³/mol. The molecule has 0 unspecified atom stereocenters. The van der Waals surface area contributed by atoms with E-state index in [4.69, 9.17) is 5.11 Å². The molecule has 0 bridgehead atoms. The smallest absolute Gasteiger partial charge is 0.319 e. The second kappa shape index (κ2) is 6.56. The zero-order valence-corrected chi connectivity index (χ0v) is 11.5. The van der Waals surface area contributed by atoms with E-state index >= 15 is 0 Å². The molecule has 7 nitrogen and oxygen atoms in total. The van der Waals surface area contributed by atoms with Crippen molar-refractivity contribution in [2.45, 2.75) is 13.0 Å². The molecule has 0 fully saturated rings. The average Bonchev–Trinajstić information content (AvgIpc) is 2.82. The topological polar surface area (TPSA) is 96.2 Å². The van der Waals surface area contributed by atoms with Crippen molar-refractivity contribution in [1.82, 2.24) is 15.1 Å². The van der Waals surface area contributed by atoms with Crippen LogP contribution in [-0.4, -0.2) is 26.9 Å². The minimum atomic E-state index is -0.909. The summed E-state index contributed by atoms with van der Waals surface area (Å²) in [6, 6.07) is 6.39.